The Morgan fingerprint density at radius 2 is 2.08 bits per heavy atom. The molecule has 0 saturated carbocycles. The number of carboxylic acids is 1. The van der Waals surface area contributed by atoms with Crippen molar-refractivity contribution in [3.8, 4) is 0 Å². The van der Waals surface area contributed by atoms with Crippen molar-refractivity contribution in [3.05, 3.63) is 51.5 Å². The van der Waals surface area contributed by atoms with Crippen LogP contribution in [0.1, 0.15) is 45.6 Å². The first-order valence-electron chi connectivity index (χ1n) is 7.89. The first kappa shape index (κ1) is 18.1. The van der Waals surface area contributed by atoms with Crippen LogP contribution in [0.2, 0.25) is 0 Å². The van der Waals surface area contributed by atoms with E-state index in [1.807, 2.05) is 45.0 Å². The van der Waals surface area contributed by atoms with Gasteiger partial charge in [0.15, 0.2) is 0 Å². The summed E-state index contributed by atoms with van der Waals surface area (Å²) in [4.78, 5) is 28.4. The monoisotopic (exact) mass is 346 g/mol. The van der Waals surface area contributed by atoms with Crippen LogP contribution in [0.15, 0.2) is 30.5 Å². The number of hydrogen-bond donors (Lipinski definition) is 2. The van der Waals surface area contributed by atoms with Crippen molar-refractivity contribution >= 4 is 23.2 Å². The molecule has 1 aromatic heterocycles. The summed E-state index contributed by atoms with van der Waals surface area (Å²) in [5, 5.41) is 13.0. The van der Waals surface area contributed by atoms with Gasteiger partial charge in [-0.05, 0) is 18.9 Å². The highest BCUT2D eigenvalue weighted by Crippen LogP contribution is 2.21. The van der Waals surface area contributed by atoms with Crippen LogP contribution in [0.4, 0.5) is 0 Å². The minimum absolute atomic E-state index is 0.0943. The summed E-state index contributed by atoms with van der Waals surface area (Å²) in [6.07, 6.45) is 1.93. The third-order valence-electron chi connectivity index (χ3n) is 3.66. The molecular formula is C18H22N2O3S. The third kappa shape index (κ3) is 4.89. The summed E-state index contributed by atoms with van der Waals surface area (Å²) < 4.78 is 0. The van der Waals surface area contributed by atoms with Crippen LogP contribution in [0, 0.1) is 12.8 Å². The Labute approximate surface area is 145 Å². The van der Waals surface area contributed by atoms with Crippen molar-refractivity contribution < 1.29 is 14.7 Å². The van der Waals surface area contributed by atoms with Gasteiger partial charge in [0.1, 0.15) is 4.88 Å². The molecule has 1 amide bonds. The van der Waals surface area contributed by atoms with Gasteiger partial charge in [0, 0.05) is 12.5 Å². The molecule has 1 atom stereocenters. The van der Waals surface area contributed by atoms with Gasteiger partial charge in [-0.15, -0.1) is 11.3 Å². The first-order chi connectivity index (χ1) is 11.4. The zero-order valence-corrected chi connectivity index (χ0v) is 14.9. The van der Waals surface area contributed by atoms with E-state index in [1.54, 1.807) is 6.20 Å². The summed E-state index contributed by atoms with van der Waals surface area (Å²) in [7, 11) is 0. The number of hydrogen-bond acceptors (Lipinski definition) is 4. The number of aromatic nitrogens is 1. The maximum absolute atomic E-state index is 12.2. The molecule has 0 aliphatic carbocycles. The van der Waals surface area contributed by atoms with Crippen LogP contribution in [-0.2, 0) is 11.2 Å². The second-order valence-electron chi connectivity index (χ2n) is 6.16. The molecule has 24 heavy (non-hydrogen) atoms. The summed E-state index contributed by atoms with van der Waals surface area (Å²) in [5.41, 5.74) is 2.04. The van der Waals surface area contributed by atoms with Gasteiger partial charge in [-0.2, -0.15) is 0 Å². The van der Waals surface area contributed by atoms with Crippen molar-refractivity contribution in [1.29, 1.82) is 0 Å². The molecule has 2 aromatic rings. The zero-order valence-electron chi connectivity index (χ0n) is 14.1. The number of benzene rings is 1. The number of nitrogens with zero attached hydrogens (tertiary/aromatic N) is 1. The standard InChI is InChI=1S/C18H22N2O3S/c1-11(2)17-20-10-15(24-17)16(21)19-9-14(18(22)23)8-13-6-4-5-12(3)7-13/h4-7,10-11,14H,8-9H2,1-3H3,(H,19,21)(H,22,23). The lowest BCUT2D eigenvalue weighted by molar-refractivity contribution is -0.141. The van der Waals surface area contributed by atoms with E-state index in [-0.39, 0.29) is 18.4 Å². The van der Waals surface area contributed by atoms with Crippen LogP contribution >= 0.6 is 11.3 Å². The van der Waals surface area contributed by atoms with E-state index in [2.05, 4.69) is 10.3 Å². The van der Waals surface area contributed by atoms with E-state index < -0.39 is 11.9 Å². The molecule has 1 unspecified atom stereocenters. The number of carboxylic acid groups (broad SMARTS) is 1. The summed E-state index contributed by atoms with van der Waals surface area (Å²) in [5.74, 6) is -1.57. The van der Waals surface area contributed by atoms with E-state index in [0.29, 0.717) is 11.3 Å². The molecular weight excluding hydrogens is 324 g/mol. The first-order valence-corrected chi connectivity index (χ1v) is 8.70. The fourth-order valence-corrected chi connectivity index (χ4v) is 3.17. The van der Waals surface area contributed by atoms with Crippen LogP contribution < -0.4 is 5.32 Å². The molecule has 0 aliphatic rings. The minimum atomic E-state index is -0.913. The third-order valence-corrected chi connectivity index (χ3v) is 4.96. The Balaban J connectivity index is 1.97. The van der Waals surface area contributed by atoms with Gasteiger partial charge in [-0.3, -0.25) is 9.59 Å². The van der Waals surface area contributed by atoms with Gasteiger partial charge in [-0.1, -0.05) is 43.7 Å². The average molecular weight is 346 g/mol. The lowest BCUT2D eigenvalue weighted by atomic mass is 9.98. The quantitative estimate of drug-likeness (QED) is 0.806. The molecule has 0 aliphatic heterocycles. The number of amides is 1. The predicted octanol–water partition coefficient (Wildman–Crippen LogP) is 3.25. The van der Waals surface area contributed by atoms with Gasteiger partial charge in [0.05, 0.1) is 17.1 Å². The fraction of sp³-hybridized carbons (Fsp3) is 0.389. The topological polar surface area (TPSA) is 79.3 Å². The lowest BCUT2D eigenvalue weighted by Gasteiger charge is -2.13. The van der Waals surface area contributed by atoms with Crippen LogP contribution in [0.3, 0.4) is 0 Å². The van der Waals surface area contributed by atoms with Gasteiger partial charge >= 0.3 is 5.97 Å². The number of aryl methyl sites for hydroxylation is 1. The Hall–Kier alpha value is -2.21. The van der Waals surface area contributed by atoms with E-state index in [0.717, 1.165) is 16.1 Å². The van der Waals surface area contributed by atoms with Crippen molar-refractivity contribution in [3.63, 3.8) is 0 Å². The lowest BCUT2D eigenvalue weighted by Crippen LogP contribution is -2.33. The van der Waals surface area contributed by atoms with E-state index in [9.17, 15) is 14.7 Å². The molecule has 6 heteroatoms. The molecule has 5 nitrogen and oxygen atoms in total. The number of aliphatic carboxylic acids is 1. The molecule has 0 radical (unpaired) electrons. The molecule has 128 valence electrons. The molecule has 0 fully saturated rings. The van der Waals surface area contributed by atoms with Gasteiger partial charge < -0.3 is 10.4 Å². The minimum Gasteiger partial charge on any atom is -0.481 e. The number of rotatable bonds is 7. The SMILES string of the molecule is Cc1cccc(CC(CNC(=O)c2cnc(C(C)C)s2)C(=O)O)c1. The Morgan fingerprint density at radius 1 is 1.33 bits per heavy atom. The summed E-state index contributed by atoms with van der Waals surface area (Å²) in [6, 6.07) is 7.75. The summed E-state index contributed by atoms with van der Waals surface area (Å²) >= 11 is 1.34. The highest BCUT2D eigenvalue weighted by Gasteiger charge is 2.20. The smallest absolute Gasteiger partial charge is 0.308 e. The summed E-state index contributed by atoms with van der Waals surface area (Å²) in [6.45, 7) is 6.10. The normalized spacial score (nSPS) is 12.2. The zero-order chi connectivity index (χ0) is 17.7. The highest BCUT2D eigenvalue weighted by atomic mass is 32.1. The number of thiazole rings is 1. The maximum Gasteiger partial charge on any atom is 0.308 e. The molecule has 1 aromatic carbocycles. The molecule has 2 rings (SSSR count). The Kier molecular flexibility index (Phi) is 6.09. The maximum atomic E-state index is 12.2. The second-order valence-corrected chi connectivity index (χ2v) is 7.22. The molecule has 1 heterocycles. The molecule has 0 bridgehead atoms. The molecule has 0 saturated heterocycles. The van der Waals surface area contributed by atoms with E-state index >= 15 is 0 Å². The van der Waals surface area contributed by atoms with Gasteiger partial charge in [0.25, 0.3) is 5.91 Å². The Bertz CT molecular complexity index is 725. The van der Waals surface area contributed by atoms with Gasteiger partial charge in [0.2, 0.25) is 0 Å². The van der Waals surface area contributed by atoms with Crippen molar-refractivity contribution in [2.24, 2.45) is 5.92 Å². The molecule has 2 N–H and O–H groups in total. The van der Waals surface area contributed by atoms with Crippen molar-refractivity contribution in [1.82, 2.24) is 10.3 Å². The van der Waals surface area contributed by atoms with Crippen LogP contribution in [0.5, 0.6) is 0 Å². The van der Waals surface area contributed by atoms with E-state index in [4.69, 9.17) is 0 Å². The average Bonchev–Trinajstić information content (AvgIpc) is 3.01. The largest absolute Gasteiger partial charge is 0.481 e. The van der Waals surface area contributed by atoms with Crippen LogP contribution in [-0.4, -0.2) is 28.5 Å². The molecule has 0 spiro atoms. The Morgan fingerprint density at radius 3 is 2.67 bits per heavy atom. The fourth-order valence-electron chi connectivity index (χ4n) is 2.33. The van der Waals surface area contributed by atoms with Crippen molar-refractivity contribution in [2.75, 3.05) is 6.54 Å². The van der Waals surface area contributed by atoms with Crippen molar-refractivity contribution in [2.45, 2.75) is 33.1 Å². The van der Waals surface area contributed by atoms with Crippen LogP contribution in [0.25, 0.3) is 0 Å². The van der Waals surface area contributed by atoms with Gasteiger partial charge in [-0.25, -0.2) is 4.98 Å². The number of carbonyl (C=O) groups is 2. The van der Waals surface area contributed by atoms with E-state index in [1.165, 1.54) is 11.3 Å². The number of carbonyl (C=O) groups excluding carboxylic acids is 1. The number of nitrogens with one attached hydrogen (secondary N) is 1. The predicted molar refractivity (Wildman–Crippen MR) is 94.5 cm³/mol. The second kappa shape index (κ2) is 8.06. The highest BCUT2D eigenvalue weighted by molar-refractivity contribution is 7.13.